The van der Waals surface area contributed by atoms with Gasteiger partial charge < -0.3 is 14.2 Å². The fourth-order valence-electron chi connectivity index (χ4n) is 8.01. The fraction of sp³-hybridized carbons (Fsp3) is 0.943. The molecule has 0 fully saturated rings. The van der Waals surface area contributed by atoms with Gasteiger partial charge in [0.15, 0.2) is 6.10 Å². The summed E-state index contributed by atoms with van der Waals surface area (Å²) in [7, 11) is 0. The molecule has 2 atom stereocenters. The minimum absolute atomic E-state index is 0.0630. The zero-order chi connectivity index (χ0) is 43.1. The molecule has 0 amide bonds. The first-order chi connectivity index (χ1) is 28.9. The largest absolute Gasteiger partial charge is 0.462 e. The van der Waals surface area contributed by atoms with Crippen molar-refractivity contribution in [2.75, 3.05) is 13.2 Å². The second-order valence-corrected chi connectivity index (χ2v) is 18.4. The van der Waals surface area contributed by atoms with Crippen molar-refractivity contribution >= 4 is 17.9 Å². The molecule has 0 radical (unpaired) electrons. The van der Waals surface area contributed by atoms with Crippen LogP contribution in [0.2, 0.25) is 0 Å². The van der Waals surface area contributed by atoms with Gasteiger partial charge in [0.05, 0.1) is 0 Å². The minimum Gasteiger partial charge on any atom is -0.462 e. The molecule has 0 aromatic carbocycles. The van der Waals surface area contributed by atoms with E-state index in [9.17, 15) is 14.4 Å². The van der Waals surface area contributed by atoms with Gasteiger partial charge in [-0.2, -0.15) is 0 Å². The quantitative estimate of drug-likeness (QED) is 0.0345. The van der Waals surface area contributed by atoms with E-state index >= 15 is 0 Å². The third kappa shape index (κ3) is 45.8. The molecule has 0 aliphatic carbocycles. The highest BCUT2D eigenvalue weighted by molar-refractivity contribution is 5.71. The highest BCUT2D eigenvalue weighted by Gasteiger charge is 2.19. The summed E-state index contributed by atoms with van der Waals surface area (Å²) >= 11 is 0. The van der Waals surface area contributed by atoms with Gasteiger partial charge in [0, 0.05) is 19.3 Å². The molecular weight excluding hydrogens is 733 g/mol. The monoisotopic (exact) mass is 835 g/mol. The number of esters is 3. The van der Waals surface area contributed by atoms with Crippen LogP contribution in [0, 0.1) is 5.92 Å². The number of hydrogen-bond donors (Lipinski definition) is 0. The van der Waals surface area contributed by atoms with Gasteiger partial charge in [-0.3, -0.25) is 14.4 Å². The summed E-state index contributed by atoms with van der Waals surface area (Å²) < 4.78 is 16.8. The SMILES string of the molecule is CCCCCCCCCCCCCCCCCCCC(=O)O[C@@H](COC(=O)CCCCCCCCCCCCCC)COC(=O)CCCCCCCCCCC(C)CC. The third-order valence-electron chi connectivity index (χ3n) is 12.4. The molecule has 0 aliphatic rings. The molecule has 6 nitrogen and oxygen atoms in total. The Morgan fingerprint density at radius 1 is 0.339 bits per heavy atom. The molecule has 0 saturated heterocycles. The summed E-state index contributed by atoms with van der Waals surface area (Å²) in [5.41, 5.74) is 0. The van der Waals surface area contributed by atoms with E-state index in [1.165, 1.54) is 193 Å². The molecule has 350 valence electrons. The number of carbonyl (C=O) groups is 3. The Kier molecular flexibility index (Phi) is 46.2. The van der Waals surface area contributed by atoms with Gasteiger partial charge in [-0.1, -0.05) is 259 Å². The van der Waals surface area contributed by atoms with Crippen LogP contribution in [0.3, 0.4) is 0 Å². The van der Waals surface area contributed by atoms with Gasteiger partial charge in [-0.05, 0) is 25.2 Å². The lowest BCUT2D eigenvalue weighted by atomic mass is 9.99. The Hall–Kier alpha value is -1.59. The Morgan fingerprint density at radius 2 is 0.593 bits per heavy atom. The average molecular weight is 835 g/mol. The summed E-state index contributed by atoms with van der Waals surface area (Å²) in [6, 6.07) is 0. The highest BCUT2D eigenvalue weighted by Crippen LogP contribution is 2.18. The van der Waals surface area contributed by atoms with Crippen LogP contribution in [-0.2, 0) is 28.6 Å². The number of hydrogen-bond acceptors (Lipinski definition) is 6. The lowest BCUT2D eigenvalue weighted by Crippen LogP contribution is -2.30. The molecule has 0 aromatic heterocycles. The molecule has 1 unspecified atom stereocenters. The minimum atomic E-state index is -0.761. The molecular formula is C53H102O6. The lowest BCUT2D eigenvalue weighted by Gasteiger charge is -2.18. The van der Waals surface area contributed by atoms with Gasteiger partial charge in [0.2, 0.25) is 0 Å². The molecule has 0 bridgehead atoms. The van der Waals surface area contributed by atoms with Gasteiger partial charge >= 0.3 is 17.9 Å². The van der Waals surface area contributed by atoms with E-state index in [0.717, 1.165) is 63.7 Å². The fourth-order valence-corrected chi connectivity index (χ4v) is 8.01. The van der Waals surface area contributed by atoms with E-state index in [1.807, 2.05) is 0 Å². The zero-order valence-electron chi connectivity index (χ0n) is 40.2. The van der Waals surface area contributed by atoms with Crippen LogP contribution in [0.1, 0.15) is 297 Å². The van der Waals surface area contributed by atoms with Gasteiger partial charge in [0.25, 0.3) is 0 Å². The molecule has 6 heteroatoms. The van der Waals surface area contributed by atoms with Crippen molar-refractivity contribution < 1.29 is 28.6 Å². The first-order valence-corrected chi connectivity index (χ1v) is 26.4. The molecule has 0 rings (SSSR count). The second-order valence-electron chi connectivity index (χ2n) is 18.4. The number of ether oxygens (including phenoxy) is 3. The molecule has 59 heavy (non-hydrogen) atoms. The Labute approximate surface area is 368 Å². The Morgan fingerprint density at radius 3 is 0.881 bits per heavy atom. The summed E-state index contributed by atoms with van der Waals surface area (Å²) in [4.78, 5) is 37.9. The van der Waals surface area contributed by atoms with Gasteiger partial charge in [-0.15, -0.1) is 0 Å². The highest BCUT2D eigenvalue weighted by atomic mass is 16.6. The third-order valence-corrected chi connectivity index (χ3v) is 12.4. The molecule has 0 aliphatic heterocycles. The maximum Gasteiger partial charge on any atom is 0.306 e. The van der Waals surface area contributed by atoms with Crippen molar-refractivity contribution in [3.8, 4) is 0 Å². The van der Waals surface area contributed by atoms with Crippen LogP contribution in [0.15, 0.2) is 0 Å². The smallest absolute Gasteiger partial charge is 0.306 e. The molecule has 0 spiro atoms. The topological polar surface area (TPSA) is 78.9 Å². The molecule has 0 heterocycles. The maximum atomic E-state index is 12.8. The maximum absolute atomic E-state index is 12.8. The van der Waals surface area contributed by atoms with Crippen molar-refractivity contribution in [1.82, 2.24) is 0 Å². The van der Waals surface area contributed by atoms with Crippen molar-refractivity contribution in [1.29, 1.82) is 0 Å². The number of rotatable bonds is 48. The van der Waals surface area contributed by atoms with Crippen LogP contribution >= 0.6 is 0 Å². The predicted molar refractivity (Wildman–Crippen MR) is 252 cm³/mol. The van der Waals surface area contributed by atoms with Crippen LogP contribution in [0.4, 0.5) is 0 Å². The zero-order valence-corrected chi connectivity index (χ0v) is 40.2. The Bertz CT molecular complexity index is 889. The first-order valence-electron chi connectivity index (χ1n) is 26.4. The summed E-state index contributed by atoms with van der Waals surface area (Å²) in [6.07, 6.45) is 49.4. The van der Waals surface area contributed by atoms with Crippen molar-refractivity contribution in [2.45, 2.75) is 303 Å². The van der Waals surface area contributed by atoms with E-state index in [-0.39, 0.29) is 31.1 Å². The van der Waals surface area contributed by atoms with Crippen molar-refractivity contribution in [3.05, 3.63) is 0 Å². The molecule has 0 N–H and O–H groups in total. The standard InChI is InChI=1S/C53H102O6/c1-5-8-10-12-14-16-18-20-21-22-23-24-26-28-34-38-42-46-53(56)59-50(47-57-51(54)44-40-36-32-27-25-19-17-15-13-11-9-6-2)48-58-52(55)45-41-37-33-30-29-31-35-39-43-49(4)7-3/h49-50H,5-48H2,1-4H3/t49?,50-/m0/s1. The van der Waals surface area contributed by atoms with E-state index in [0.29, 0.717) is 19.3 Å². The van der Waals surface area contributed by atoms with E-state index in [2.05, 4.69) is 27.7 Å². The van der Waals surface area contributed by atoms with Crippen LogP contribution in [-0.4, -0.2) is 37.2 Å². The van der Waals surface area contributed by atoms with Crippen molar-refractivity contribution in [2.24, 2.45) is 5.92 Å². The molecule has 0 aromatic rings. The Balaban J connectivity index is 4.30. The average Bonchev–Trinajstić information content (AvgIpc) is 3.23. The van der Waals surface area contributed by atoms with Crippen LogP contribution < -0.4 is 0 Å². The molecule has 0 saturated carbocycles. The predicted octanol–water partition coefficient (Wildman–Crippen LogP) is 17.1. The van der Waals surface area contributed by atoms with E-state index in [1.54, 1.807) is 0 Å². The van der Waals surface area contributed by atoms with Crippen LogP contribution in [0.5, 0.6) is 0 Å². The lowest BCUT2D eigenvalue weighted by molar-refractivity contribution is -0.167. The van der Waals surface area contributed by atoms with Gasteiger partial charge in [-0.25, -0.2) is 0 Å². The summed E-state index contributed by atoms with van der Waals surface area (Å²) in [5.74, 6) is 0.00330. The van der Waals surface area contributed by atoms with E-state index < -0.39 is 6.10 Å². The second kappa shape index (κ2) is 47.5. The van der Waals surface area contributed by atoms with E-state index in [4.69, 9.17) is 14.2 Å². The summed E-state index contributed by atoms with van der Waals surface area (Å²) in [6.45, 7) is 9.03. The number of unbranched alkanes of at least 4 members (excludes halogenated alkanes) is 34. The van der Waals surface area contributed by atoms with Crippen molar-refractivity contribution in [3.63, 3.8) is 0 Å². The first kappa shape index (κ1) is 57.4. The number of carbonyl (C=O) groups excluding carboxylic acids is 3. The normalized spacial score (nSPS) is 12.4. The summed E-state index contributed by atoms with van der Waals surface area (Å²) in [5, 5.41) is 0. The van der Waals surface area contributed by atoms with Crippen LogP contribution in [0.25, 0.3) is 0 Å². The van der Waals surface area contributed by atoms with Gasteiger partial charge in [0.1, 0.15) is 13.2 Å².